The van der Waals surface area contributed by atoms with E-state index in [2.05, 4.69) is 6.92 Å². The number of benzene rings is 1. The molecule has 2 fully saturated rings. The average Bonchev–Trinajstić information content (AvgIpc) is 2.69. The number of carbonyl (C=O) groups excluding carboxylic acids is 1. The zero-order chi connectivity index (χ0) is 19.4. The predicted molar refractivity (Wildman–Crippen MR) is 97.7 cm³/mol. The van der Waals surface area contributed by atoms with E-state index in [-0.39, 0.29) is 37.8 Å². The Kier molecular flexibility index (Phi) is 6.46. The maximum Gasteiger partial charge on any atom is 0.254 e. The van der Waals surface area contributed by atoms with Crippen LogP contribution in [-0.4, -0.2) is 82.6 Å². The van der Waals surface area contributed by atoms with Crippen LogP contribution in [0, 0.1) is 5.82 Å². The third-order valence-corrected chi connectivity index (χ3v) is 7.04. The molecule has 0 aliphatic carbocycles. The molecule has 1 aromatic carbocycles. The lowest BCUT2D eigenvalue weighted by Crippen LogP contribution is -3.14. The van der Waals surface area contributed by atoms with Gasteiger partial charge in [0.15, 0.2) is 0 Å². The van der Waals surface area contributed by atoms with Crippen molar-refractivity contribution in [2.45, 2.75) is 18.2 Å². The number of halogens is 1. The number of sulfonamides is 1. The summed E-state index contributed by atoms with van der Waals surface area (Å²) < 4.78 is 46.2. The minimum Gasteiger partial charge on any atom is -0.379 e. The molecule has 7 nitrogen and oxygen atoms in total. The largest absolute Gasteiger partial charge is 0.379 e. The molecular weight excluding hydrogens is 373 g/mol. The van der Waals surface area contributed by atoms with Gasteiger partial charge in [-0.3, -0.25) is 4.79 Å². The molecule has 0 unspecified atom stereocenters. The predicted octanol–water partition coefficient (Wildman–Crippen LogP) is -0.403. The van der Waals surface area contributed by atoms with Gasteiger partial charge in [0.2, 0.25) is 10.0 Å². The smallest absolute Gasteiger partial charge is 0.254 e. The molecule has 0 bridgehead atoms. The number of morpholine rings is 1. The Balaban J connectivity index is 1.78. The topological polar surface area (TPSA) is 71.4 Å². The molecule has 0 aromatic heterocycles. The van der Waals surface area contributed by atoms with Crippen molar-refractivity contribution in [2.24, 2.45) is 0 Å². The molecule has 2 aliphatic heterocycles. The van der Waals surface area contributed by atoms with Gasteiger partial charge in [-0.2, -0.15) is 4.31 Å². The summed E-state index contributed by atoms with van der Waals surface area (Å²) in [6, 6.07) is 3.61. The van der Waals surface area contributed by atoms with Crippen molar-refractivity contribution >= 4 is 15.9 Å². The normalized spacial score (nSPS) is 20.0. The molecule has 0 atom stereocenters. The van der Waals surface area contributed by atoms with Crippen molar-refractivity contribution in [1.82, 2.24) is 9.21 Å². The second-order valence-corrected chi connectivity index (χ2v) is 8.86. The van der Waals surface area contributed by atoms with Crippen molar-refractivity contribution in [1.29, 1.82) is 0 Å². The summed E-state index contributed by atoms with van der Waals surface area (Å²) in [4.78, 5) is 15.5. The number of ether oxygens (including phenoxy) is 1. The van der Waals surface area contributed by atoms with E-state index in [1.54, 1.807) is 4.90 Å². The molecule has 2 aliphatic rings. The number of carbonyl (C=O) groups is 1. The van der Waals surface area contributed by atoms with E-state index in [1.165, 1.54) is 21.3 Å². The van der Waals surface area contributed by atoms with Crippen LogP contribution >= 0.6 is 0 Å². The Morgan fingerprint density at radius 1 is 1.19 bits per heavy atom. The summed E-state index contributed by atoms with van der Waals surface area (Å²) in [6.45, 7) is 7.14. The van der Waals surface area contributed by atoms with Gasteiger partial charge in [0.05, 0.1) is 45.9 Å². The molecule has 0 saturated carbocycles. The number of rotatable bonds is 5. The van der Waals surface area contributed by atoms with Gasteiger partial charge < -0.3 is 14.5 Å². The lowest BCUT2D eigenvalue weighted by molar-refractivity contribution is -0.904. The second-order valence-electron chi connectivity index (χ2n) is 6.95. The van der Waals surface area contributed by atoms with Crippen LogP contribution < -0.4 is 4.90 Å². The number of nitrogens with one attached hydrogen (secondary N) is 1. The first-order valence-electron chi connectivity index (χ1n) is 9.43. The Morgan fingerprint density at radius 2 is 1.85 bits per heavy atom. The van der Waals surface area contributed by atoms with Crippen LogP contribution in [0.5, 0.6) is 0 Å². The highest BCUT2D eigenvalue weighted by atomic mass is 32.2. The zero-order valence-electron chi connectivity index (χ0n) is 15.6. The van der Waals surface area contributed by atoms with E-state index < -0.39 is 20.7 Å². The van der Waals surface area contributed by atoms with Gasteiger partial charge in [0.1, 0.15) is 10.7 Å². The number of piperazine rings is 1. The van der Waals surface area contributed by atoms with E-state index in [1.807, 2.05) is 0 Å². The Morgan fingerprint density at radius 3 is 2.48 bits per heavy atom. The van der Waals surface area contributed by atoms with Gasteiger partial charge in [-0.1, -0.05) is 6.92 Å². The Labute approximate surface area is 159 Å². The fraction of sp³-hybridized carbons (Fsp3) is 0.611. The molecule has 1 amide bonds. The highest BCUT2D eigenvalue weighted by Crippen LogP contribution is 2.22. The quantitative estimate of drug-likeness (QED) is 0.730. The van der Waals surface area contributed by atoms with Crippen molar-refractivity contribution in [3.8, 4) is 0 Å². The molecule has 2 saturated heterocycles. The first-order chi connectivity index (χ1) is 12.9. The standard InChI is InChI=1S/C18H26FN3O4S/c1-2-5-20-6-8-21(9-7-20)18(23)15-3-4-16(19)17(14-15)27(24,25)22-10-12-26-13-11-22/h3-4,14H,2,5-13H2,1H3/p+1. The van der Waals surface area contributed by atoms with E-state index in [9.17, 15) is 17.6 Å². The van der Waals surface area contributed by atoms with E-state index >= 15 is 0 Å². The van der Waals surface area contributed by atoms with Gasteiger partial charge in [-0.05, 0) is 24.6 Å². The fourth-order valence-corrected chi connectivity index (χ4v) is 5.07. The lowest BCUT2D eigenvalue weighted by Gasteiger charge is -2.32. The highest BCUT2D eigenvalue weighted by Gasteiger charge is 2.31. The third kappa shape index (κ3) is 4.48. The second kappa shape index (κ2) is 8.64. The molecule has 9 heteroatoms. The molecule has 150 valence electrons. The molecule has 1 aromatic rings. The summed E-state index contributed by atoms with van der Waals surface area (Å²) in [6.07, 6.45) is 1.10. The van der Waals surface area contributed by atoms with Crippen LogP contribution in [0.4, 0.5) is 4.39 Å². The third-order valence-electron chi connectivity index (χ3n) is 5.13. The van der Waals surface area contributed by atoms with Crippen molar-refractivity contribution < 1.29 is 27.2 Å². The summed E-state index contributed by atoms with van der Waals surface area (Å²) >= 11 is 0. The summed E-state index contributed by atoms with van der Waals surface area (Å²) in [5.41, 5.74) is 0.210. The highest BCUT2D eigenvalue weighted by molar-refractivity contribution is 7.89. The number of hydrogen-bond donors (Lipinski definition) is 1. The Bertz CT molecular complexity index is 773. The monoisotopic (exact) mass is 400 g/mol. The molecule has 2 heterocycles. The van der Waals surface area contributed by atoms with Gasteiger partial charge in [-0.25, -0.2) is 12.8 Å². The van der Waals surface area contributed by atoms with Gasteiger partial charge >= 0.3 is 0 Å². The van der Waals surface area contributed by atoms with Crippen molar-refractivity contribution in [3.63, 3.8) is 0 Å². The number of quaternary nitrogens is 1. The molecular formula is C18H27FN3O4S+. The number of hydrogen-bond acceptors (Lipinski definition) is 4. The zero-order valence-corrected chi connectivity index (χ0v) is 16.4. The average molecular weight is 400 g/mol. The maximum absolute atomic E-state index is 14.3. The van der Waals surface area contributed by atoms with Gasteiger partial charge in [0, 0.05) is 18.7 Å². The number of nitrogens with zero attached hydrogens (tertiary/aromatic N) is 2. The van der Waals surface area contributed by atoms with Crippen LogP contribution in [0.15, 0.2) is 23.1 Å². The molecule has 0 radical (unpaired) electrons. The van der Waals surface area contributed by atoms with Gasteiger partial charge in [-0.15, -0.1) is 0 Å². The minimum atomic E-state index is -3.99. The van der Waals surface area contributed by atoms with Crippen LogP contribution in [-0.2, 0) is 14.8 Å². The van der Waals surface area contributed by atoms with Crippen LogP contribution in [0.25, 0.3) is 0 Å². The van der Waals surface area contributed by atoms with E-state index in [0.717, 1.165) is 32.1 Å². The van der Waals surface area contributed by atoms with E-state index in [4.69, 9.17) is 4.74 Å². The summed E-state index contributed by atoms with van der Waals surface area (Å²) in [7, 11) is -3.99. The van der Waals surface area contributed by atoms with Crippen LogP contribution in [0.2, 0.25) is 0 Å². The fourth-order valence-electron chi connectivity index (χ4n) is 3.57. The maximum atomic E-state index is 14.3. The minimum absolute atomic E-state index is 0.183. The summed E-state index contributed by atoms with van der Waals surface area (Å²) in [5.74, 6) is -1.08. The van der Waals surface area contributed by atoms with Gasteiger partial charge in [0.25, 0.3) is 5.91 Å². The first-order valence-corrected chi connectivity index (χ1v) is 10.9. The SMILES string of the molecule is CCC[NH+]1CCN(C(=O)c2ccc(F)c(S(=O)(=O)N3CCOCC3)c2)CC1. The molecule has 3 rings (SSSR count). The molecule has 1 N–H and O–H groups in total. The van der Waals surface area contributed by atoms with Crippen LogP contribution in [0.1, 0.15) is 23.7 Å². The van der Waals surface area contributed by atoms with Crippen molar-refractivity contribution in [2.75, 3.05) is 59.0 Å². The molecule has 0 spiro atoms. The lowest BCUT2D eigenvalue weighted by atomic mass is 10.1. The Hall–Kier alpha value is -1.55. The molecule has 27 heavy (non-hydrogen) atoms. The number of amides is 1. The summed E-state index contributed by atoms with van der Waals surface area (Å²) in [5, 5.41) is 0. The van der Waals surface area contributed by atoms with Crippen LogP contribution in [0.3, 0.4) is 0 Å². The van der Waals surface area contributed by atoms with E-state index in [0.29, 0.717) is 13.1 Å². The van der Waals surface area contributed by atoms with Crippen molar-refractivity contribution in [3.05, 3.63) is 29.6 Å². The first kappa shape index (κ1) is 20.2.